The lowest BCUT2D eigenvalue weighted by atomic mass is 10.3. The van der Waals surface area contributed by atoms with Crippen molar-refractivity contribution in [1.29, 1.82) is 5.26 Å². The minimum atomic E-state index is 0.309. The molecule has 14 heavy (non-hydrogen) atoms. The van der Waals surface area contributed by atoms with Crippen LogP contribution < -0.4 is 5.32 Å². The number of nitrogens with one attached hydrogen (secondary N) is 1. The van der Waals surface area contributed by atoms with Gasteiger partial charge in [0.1, 0.15) is 10.9 Å². The molecule has 2 unspecified atom stereocenters. The number of thiazole rings is 1. The van der Waals surface area contributed by atoms with E-state index in [1.54, 1.807) is 0 Å². The van der Waals surface area contributed by atoms with Gasteiger partial charge in [0.2, 0.25) is 0 Å². The van der Waals surface area contributed by atoms with Crippen molar-refractivity contribution in [2.75, 3.05) is 11.9 Å². The Bertz CT molecular complexity index is 382. The third-order valence-electron chi connectivity index (χ3n) is 2.48. The van der Waals surface area contributed by atoms with Crippen LogP contribution in [0.4, 0.5) is 5.13 Å². The molecular formula is C9H10ClN3S. The van der Waals surface area contributed by atoms with Crippen LogP contribution in [-0.2, 0) is 0 Å². The summed E-state index contributed by atoms with van der Waals surface area (Å²) in [6, 6.07) is 2.01. The molecule has 0 spiro atoms. The highest BCUT2D eigenvalue weighted by Gasteiger charge is 2.32. The molecule has 0 aliphatic heterocycles. The summed E-state index contributed by atoms with van der Waals surface area (Å²) >= 11 is 7.06. The summed E-state index contributed by atoms with van der Waals surface area (Å²) in [5.41, 5.74) is 0. The highest BCUT2D eigenvalue weighted by atomic mass is 35.5. The van der Waals surface area contributed by atoms with Crippen molar-refractivity contribution in [3.63, 3.8) is 0 Å². The van der Waals surface area contributed by atoms with Gasteiger partial charge >= 0.3 is 0 Å². The SMILES string of the molecule is CC1CC1CNc1nc(Cl)c(C#N)s1. The van der Waals surface area contributed by atoms with Gasteiger partial charge in [0, 0.05) is 6.54 Å². The molecule has 74 valence electrons. The molecule has 2 rings (SSSR count). The van der Waals surface area contributed by atoms with E-state index in [1.807, 2.05) is 6.07 Å². The third-order valence-corrected chi connectivity index (χ3v) is 3.78. The summed E-state index contributed by atoms with van der Waals surface area (Å²) in [4.78, 5) is 4.54. The van der Waals surface area contributed by atoms with Crippen LogP contribution in [0.3, 0.4) is 0 Å². The van der Waals surface area contributed by atoms with E-state index < -0.39 is 0 Å². The second-order valence-corrected chi connectivity index (χ2v) is 4.96. The van der Waals surface area contributed by atoms with E-state index >= 15 is 0 Å². The van der Waals surface area contributed by atoms with Gasteiger partial charge in [-0.2, -0.15) is 5.26 Å². The normalized spacial score (nSPS) is 24.4. The van der Waals surface area contributed by atoms with Crippen LogP contribution in [0.5, 0.6) is 0 Å². The third kappa shape index (κ3) is 1.99. The number of nitrogens with zero attached hydrogens (tertiary/aromatic N) is 2. The molecule has 2 atom stereocenters. The molecule has 0 bridgehead atoms. The van der Waals surface area contributed by atoms with Gasteiger partial charge in [0.05, 0.1) is 0 Å². The maximum atomic E-state index is 8.67. The number of hydrogen-bond donors (Lipinski definition) is 1. The van der Waals surface area contributed by atoms with Gasteiger partial charge in [-0.25, -0.2) is 4.98 Å². The summed E-state index contributed by atoms with van der Waals surface area (Å²) in [5.74, 6) is 1.59. The summed E-state index contributed by atoms with van der Waals surface area (Å²) in [5, 5.41) is 12.9. The molecule has 1 aromatic heterocycles. The Kier molecular flexibility index (Phi) is 2.62. The van der Waals surface area contributed by atoms with Crippen molar-refractivity contribution in [1.82, 2.24) is 4.98 Å². The fourth-order valence-corrected chi connectivity index (χ4v) is 2.30. The average Bonchev–Trinajstić information content (AvgIpc) is 2.73. The Morgan fingerprint density at radius 2 is 2.50 bits per heavy atom. The minimum Gasteiger partial charge on any atom is -0.361 e. The van der Waals surface area contributed by atoms with Crippen LogP contribution in [0, 0.1) is 23.2 Å². The van der Waals surface area contributed by atoms with Crippen molar-refractivity contribution < 1.29 is 0 Å². The van der Waals surface area contributed by atoms with Gasteiger partial charge in [-0.15, -0.1) is 0 Å². The summed E-state index contributed by atoms with van der Waals surface area (Å²) in [6.45, 7) is 3.18. The fraction of sp³-hybridized carbons (Fsp3) is 0.556. The van der Waals surface area contributed by atoms with Crippen LogP contribution in [0.2, 0.25) is 5.15 Å². The Labute approximate surface area is 91.7 Å². The minimum absolute atomic E-state index is 0.309. The van der Waals surface area contributed by atoms with Crippen LogP contribution in [0.15, 0.2) is 0 Å². The smallest absolute Gasteiger partial charge is 0.185 e. The largest absolute Gasteiger partial charge is 0.361 e. The number of anilines is 1. The van der Waals surface area contributed by atoms with Crippen LogP contribution in [-0.4, -0.2) is 11.5 Å². The number of nitriles is 1. The summed E-state index contributed by atoms with van der Waals surface area (Å²) < 4.78 is 0. The standard InChI is InChI=1S/C9H10ClN3S/c1-5-2-6(5)4-12-9-13-8(10)7(3-11)14-9/h5-6H,2,4H2,1H3,(H,12,13). The van der Waals surface area contributed by atoms with Gasteiger partial charge in [-0.05, 0) is 18.3 Å². The first kappa shape index (κ1) is 9.75. The topological polar surface area (TPSA) is 48.7 Å². The van der Waals surface area contributed by atoms with Gasteiger partial charge in [0.15, 0.2) is 10.3 Å². The first-order valence-electron chi connectivity index (χ1n) is 4.51. The van der Waals surface area contributed by atoms with Crippen molar-refractivity contribution in [2.45, 2.75) is 13.3 Å². The monoisotopic (exact) mass is 227 g/mol. The van der Waals surface area contributed by atoms with Gasteiger partial charge in [0.25, 0.3) is 0 Å². The molecule has 3 nitrogen and oxygen atoms in total. The zero-order valence-corrected chi connectivity index (χ0v) is 9.32. The zero-order chi connectivity index (χ0) is 10.1. The molecule has 1 N–H and O–H groups in total. The summed E-state index contributed by atoms with van der Waals surface area (Å²) in [7, 11) is 0. The molecule has 0 saturated heterocycles. The Balaban J connectivity index is 1.93. The molecular weight excluding hydrogens is 218 g/mol. The molecule has 1 aliphatic carbocycles. The lowest BCUT2D eigenvalue weighted by Crippen LogP contribution is -2.03. The zero-order valence-electron chi connectivity index (χ0n) is 7.75. The van der Waals surface area contributed by atoms with E-state index in [0.29, 0.717) is 10.0 Å². The van der Waals surface area contributed by atoms with Crippen LogP contribution in [0.1, 0.15) is 18.2 Å². The molecule has 5 heteroatoms. The maximum Gasteiger partial charge on any atom is 0.185 e. The van der Waals surface area contributed by atoms with Crippen molar-refractivity contribution >= 4 is 28.1 Å². The van der Waals surface area contributed by atoms with Crippen molar-refractivity contribution in [3.05, 3.63) is 10.0 Å². The highest BCUT2D eigenvalue weighted by Crippen LogP contribution is 2.38. The van der Waals surface area contributed by atoms with Crippen LogP contribution >= 0.6 is 22.9 Å². The molecule has 1 aliphatic rings. The molecule has 1 heterocycles. The maximum absolute atomic E-state index is 8.67. The molecule has 1 aromatic rings. The average molecular weight is 228 g/mol. The number of aromatic nitrogens is 1. The second kappa shape index (κ2) is 3.76. The highest BCUT2D eigenvalue weighted by molar-refractivity contribution is 7.16. The quantitative estimate of drug-likeness (QED) is 0.864. The molecule has 0 amide bonds. The number of hydrogen-bond acceptors (Lipinski definition) is 4. The first-order valence-corrected chi connectivity index (χ1v) is 5.70. The predicted molar refractivity (Wildman–Crippen MR) is 57.6 cm³/mol. The summed E-state index contributed by atoms with van der Waals surface area (Å²) in [6.07, 6.45) is 1.29. The molecule has 1 saturated carbocycles. The van der Waals surface area contributed by atoms with Gasteiger partial charge in [-0.3, -0.25) is 0 Å². The lowest BCUT2D eigenvalue weighted by Gasteiger charge is -1.98. The second-order valence-electron chi connectivity index (χ2n) is 3.60. The lowest BCUT2D eigenvalue weighted by molar-refractivity contribution is 0.786. The van der Waals surface area contributed by atoms with E-state index in [4.69, 9.17) is 16.9 Å². The van der Waals surface area contributed by atoms with Gasteiger partial charge < -0.3 is 5.32 Å². The van der Waals surface area contributed by atoms with E-state index in [-0.39, 0.29) is 0 Å². The van der Waals surface area contributed by atoms with E-state index in [2.05, 4.69) is 17.2 Å². The van der Waals surface area contributed by atoms with Crippen molar-refractivity contribution in [2.24, 2.45) is 11.8 Å². The van der Waals surface area contributed by atoms with Crippen molar-refractivity contribution in [3.8, 4) is 6.07 Å². The van der Waals surface area contributed by atoms with E-state index in [0.717, 1.165) is 23.5 Å². The predicted octanol–water partition coefficient (Wildman–Crippen LogP) is 2.74. The van der Waals surface area contributed by atoms with E-state index in [1.165, 1.54) is 17.8 Å². The Hall–Kier alpha value is -0.790. The van der Waals surface area contributed by atoms with Gasteiger partial charge in [-0.1, -0.05) is 29.9 Å². The van der Waals surface area contributed by atoms with Crippen LogP contribution in [0.25, 0.3) is 0 Å². The Morgan fingerprint density at radius 3 is 3.00 bits per heavy atom. The molecule has 1 fully saturated rings. The number of rotatable bonds is 3. The first-order chi connectivity index (χ1) is 6.70. The molecule has 0 aromatic carbocycles. The Morgan fingerprint density at radius 1 is 1.79 bits per heavy atom. The van der Waals surface area contributed by atoms with E-state index in [9.17, 15) is 0 Å². The number of halogens is 1. The molecule has 0 radical (unpaired) electrons. The fourth-order valence-electron chi connectivity index (χ4n) is 1.35.